The lowest BCUT2D eigenvalue weighted by molar-refractivity contribution is -0.384. The molecule has 1 N–H and O–H groups in total. The van der Waals surface area contributed by atoms with Gasteiger partial charge < -0.3 is 5.32 Å². The van der Waals surface area contributed by atoms with Crippen molar-refractivity contribution in [3.8, 4) is 0 Å². The zero-order valence-corrected chi connectivity index (χ0v) is 8.88. The average Bonchev–Trinajstić information content (AvgIpc) is 2.20. The summed E-state index contributed by atoms with van der Waals surface area (Å²) in [4.78, 5) is 20.8. The molecule has 1 aromatic rings. The van der Waals surface area contributed by atoms with E-state index in [1.165, 1.54) is 18.2 Å². The van der Waals surface area contributed by atoms with Crippen LogP contribution in [0.3, 0.4) is 0 Å². The Kier molecular flexibility index (Phi) is 3.88. The first-order valence-corrected chi connectivity index (χ1v) is 4.75. The molecule has 0 saturated carbocycles. The van der Waals surface area contributed by atoms with Gasteiger partial charge in [0.05, 0.1) is 4.92 Å². The van der Waals surface area contributed by atoms with Gasteiger partial charge >= 0.3 is 0 Å². The van der Waals surface area contributed by atoms with E-state index in [2.05, 4.69) is 5.32 Å². The van der Waals surface area contributed by atoms with Crippen LogP contribution in [0, 0.1) is 10.1 Å². The van der Waals surface area contributed by atoms with Crippen LogP contribution in [0.2, 0.25) is 5.02 Å². The summed E-state index contributed by atoms with van der Waals surface area (Å²) in [5.41, 5.74) is 0.0285. The Labute approximate surface area is 95.1 Å². The molecule has 0 aliphatic rings. The van der Waals surface area contributed by atoms with E-state index in [0.29, 0.717) is 0 Å². The molecule has 0 aromatic heterocycles. The zero-order valence-electron chi connectivity index (χ0n) is 7.37. The van der Waals surface area contributed by atoms with E-state index in [9.17, 15) is 14.9 Å². The van der Waals surface area contributed by atoms with Crippen LogP contribution in [0.5, 0.6) is 0 Å². The number of carbonyl (C=O) groups excluding carboxylic acids is 1. The fraction of sp³-hybridized carbons (Fsp3) is 0.125. The molecule has 1 rings (SSSR count). The lowest BCUT2D eigenvalue weighted by atomic mass is 10.3. The zero-order chi connectivity index (χ0) is 11.4. The fourth-order valence-corrected chi connectivity index (χ4v) is 1.18. The Morgan fingerprint density at radius 3 is 2.73 bits per heavy atom. The van der Waals surface area contributed by atoms with Crippen LogP contribution in [-0.2, 0) is 4.79 Å². The highest BCUT2D eigenvalue weighted by molar-refractivity contribution is 6.33. The third-order valence-corrected chi connectivity index (χ3v) is 2.11. The molecular weight excluding hydrogens is 243 g/mol. The summed E-state index contributed by atoms with van der Waals surface area (Å²) in [5.74, 6) is -0.649. The molecule has 1 aromatic carbocycles. The molecule has 0 atom stereocenters. The predicted octanol–water partition coefficient (Wildman–Crippen LogP) is 2.43. The minimum atomic E-state index is -0.626. The summed E-state index contributed by atoms with van der Waals surface area (Å²) in [5, 5.41) is 12.9. The summed E-state index contributed by atoms with van der Waals surface area (Å²) in [6.07, 6.45) is 0. The lowest BCUT2D eigenvalue weighted by Gasteiger charge is -2.02. The molecule has 5 nitrogen and oxygen atoms in total. The van der Waals surface area contributed by atoms with Crippen molar-refractivity contribution in [3.05, 3.63) is 33.3 Å². The molecule has 0 saturated heterocycles. The monoisotopic (exact) mass is 248 g/mol. The third kappa shape index (κ3) is 3.07. The van der Waals surface area contributed by atoms with Crippen molar-refractivity contribution in [2.45, 2.75) is 0 Å². The molecule has 0 aliphatic carbocycles. The van der Waals surface area contributed by atoms with Crippen LogP contribution in [0.15, 0.2) is 18.2 Å². The van der Waals surface area contributed by atoms with Gasteiger partial charge in [-0.3, -0.25) is 14.9 Å². The predicted molar refractivity (Wildman–Crippen MR) is 57.5 cm³/mol. The van der Waals surface area contributed by atoms with E-state index < -0.39 is 10.8 Å². The number of amides is 1. The second kappa shape index (κ2) is 4.95. The van der Waals surface area contributed by atoms with Gasteiger partial charge in [0.1, 0.15) is 10.9 Å². The summed E-state index contributed by atoms with van der Waals surface area (Å²) < 4.78 is 0. The number of rotatable bonds is 3. The van der Waals surface area contributed by atoms with E-state index in [1.807, 2.05) is 0 Å². The van der Waals surface area contributed by atoms with Gasteiger partial charge in [0.15, 0.2) is 0 Å². The highest BCUT2D eigenvalue weighted by Gasteiger charge is 2.13. The Morgan fingerprint density at radius 2 is 2.20 bits per heavy atom. The standard InChI is InChI=1S/C8H6Cl2N2O3/c9-4-8(13)11-5-1-2-6(10)7(3-5)12(14)15/h1-3H,4H2,(H,11,13). The lowest BCUT2D eigenvalue weighted by Crippen LogP contribution is -2.12. The van der Waals surface area contributed by atoms with Gasteiger partial charge in [-0.25, -0.2) is 0 Å². The smallest absolute Gasteiger partial charge is 0.289 e. The van der Waals surface area contributed by atoms with Crippen molar-refractivity contribution in [2.24, 2.45) is 0 Å². The second-order valence-corrected chi connectivity index (χ2v) is 3.28. The highest BCUT2D eigenvalue weighted by atomic mass is 35.5. The molecule has 0 radical (unpaired) electrons. The topological polar surface area (TPSA) is 72.2 Å². The molecular formula is C8H6Cl2N2O3. The number of nitro groups is 1. The number of nitrogens with one attached hydrogen (secondary N) is 1. The summed E-state index contributed by atoms with van der Waals surface area (Å²) in [6, 6.07) is 3.97. The molecule has 7 heteroatoms. The molecule has 0 spiro atoms. The van der Waals surface area contributed by atoms with E-state index in [1.54, 1.807) is 0 Å². The maximum atomic E-state index is 10.9. The van der Waals surface area contributed by atoms with Gasteiger partial charge in [-0.15, -0.1) is 11.6 Å². The van der Waals surface area contributed by atoms with Gasteiger partial charge in [-0.1, -0.05) is 11.6 Å². The van der Waals surface area contributed by atoms with Gasteiger partial charge in [-0.05, 0) is 12.1 Å². The van der Waals surface area contributed by atoms with Crippen LogP contribution in [0.4, 0.5) is 11.4 Å². The van der Waals surface area contributed by atoms with E-state index in [4.69, 9.17) is 23.2 Å². The fourth-order valence-electron chi connectivity index (χ4n) is 0.925. The summed E-state index contributed by atoms with van der Waals surface area (Å²) >= 11 is 10.8. The minimum Gasteiger partial charge on any atom is -0.325 e. The maximum absolute atomic E-state index is 10.9. The first-order valence-electron chi connectivity index (χ1n) is 3.84. The Bertz CT molecular complexity index is 409. The van der Waals surface area contributed by atoms with Gasteiger partial charge in [0.25, 0.3) is 5.69 Å². The number of carbonyl (C=O) groups is 1. The van der Waals surface area contributed by atoms with Gasteiger partial charge in [-0.2, -0.15) is 0 Å². The summed E-state index contributed by atoms with van der Waals surface area (Å²) in [7, 11) is 0. The number of anilines is 1. The van der Waals surface area contributed by atoms with Crippen molar-refractivity contribution < 1.29 is 9.72 Å². The van der Waals surface area contributed by atoms with Crippen LogP contribution in [0.25, 0.3) is 0 Å². The molecule has 15 heavy (non-hydrogen) atoms. The van der Waals surface area contributed by atoms with Crippen molar-refractivity contribution in [1.82, 2.24) is 0 Å². The number of hydrogen-bond acceptors (Lipinski definition) is 3. The van der Waals surface area contributed by atoms with Gasteiger partial charge in [0.2, 0.25) is 5.91 Å². The Balaban J connectivity index is 2.97. The minimum absolute atomic E-state index is 0.0175. The van der Waals surface area contributed by atoms with Crippen LogP contribution in [0.1, 0.15) is 0 Å². The molecule has 0 aliphatic heterocycles. The molecule has 80 valence electrons. The highest BCUT2D eigenvalue weighted by Crippen LogP contribution is 2.27. The third-order valence-electron chi connectivity index (χ3n) is 1.55. The quantitative estimate of drug-likeness (QED) is 0.508. The van der Waals surface area contributed by atoms with Crippen LogP contribution >= 0.6 is 23.2 Å². The Morgan fingerprint density at radius 1 is 1.53 bits per heavy atom. The Hall–Kier alpha value is -1.33. The van der Waals surface area contributed by atoms with E-state index in [-0.39, 0.29) is 22.3 Å². The van der Waals surface area contributed by atoms with Crippen molar-refractivity contribution in [1.29, 1.82) is 0 Å². The molecule has 1 amide bonds. The molecule has 0 bridgehead atoms. The summed E-state index contributed by atoms with van der Waals surface area (Å²) in [6.45, 7) is 0. The molecule has 0 unspecified atom stereocenters. The number of nitrogens with zero attached hydrogens (tertiary/aromatic N) is 1. The number of nitro benzene ring substituents is 1. The van der Waals surface area contributed by atoms with Crippen molar-refractivity contribution in [3.63, 3.8) is 0 Å². The normalized spacial score (nSPS) is 9.73. The van der Waals surface area contributed by atoms with Crippen molar-refractivity contribution in [2.75, 3.05) is 11.2 Å². The number of hydrogen-bond donors (Lipinski definition) is 1. The molecule has 0 fully saturated rings. The first-order chi connectivity index (χ1) is 7.04. The molecule has 0 heterocycles. The van der Waals surface area contributed by atoms with Crippen LogP contribution < -0.4 is 5.32 Å². The van der Waals surface area contributed by atoms with Gasteiger partial charge in [0, 0.05) is 11.8 Å². The van der Waals surface area contributed by atoms with Crippen LogP contribution in [-0.4, -0.2) is 16.7 Å². The number of halogens is 2. The average molecular weight is 249 g/mol. The SMILES string of the molecule is O=C(CCl)Nc1ccc(Cl)c([N+](=O)[O-])c1. The first kappa shape index (κ1) is 11.7. The van der Waals surface area contributed by atoms with Crippen molar-refractivity contribution >= 4 is 40.5 Å². The largest absolute Gasteiger partial charge is 0.325 e. The number of benzene rings is 1. The second-order valence-electron chi connectivity index (χ2n) is 2.61. The van der Waals surface area contributed by atoms with E-state index >= 15 is 0 Å². The maximum Gasteiger partial charge on any atom is 0.289 e. The number of alkyl halides is 1. The van der Waals surface area contributed by atoms with E-state index in [0.717, 1.165) is 0 Å².